The van der Waals surface area contributed by atoms with E-state index in [9.17, 15) is 9.90 Å². The van der Waals surface area contributed by atoms with E-state index in [-0.39, 0.29) is 0 Å². The number of carbonyl (C=O) groups excluding carboxylic acids is 1. The molecule has 100 valence electrons. The highest BCUT2D eigenvalue weighted by molar-refractivity contribution is 5.67. The fraction of sp³-hybridized carbons (Fsp3) is 0.538. The van der Waals surface area contributed by atoms with E-state index in [2.05, 4.69) is 10.3 Å². The van der Waals surface area contributed by atoms with E-state index in [1.54, 1.807) is 39.1 Å². The molecule has 0 aromatic carbocycles. The lowest BCUT2D eigenvalue weighted by atomic mass is 10.1. The molecule has 0 aliphatic heterocycles. The summed E-state index contributed by atoms with van der Waals surface area (Å²) >= 11 is 0. The van der Waals surface area contributed by atoms with Crippen molar-refractivity contribution in [3.63, 3.8) is 0 Å². The third-order valence-electron chi connectivity index (χ3n) is 2.12. The highest BCUT2D eigenvalue weighted by atomic mass is 16.6. The molecule has 5 heteroatoms. The maximum Gasteiger partial charge on any atom is 0.407 e. The molecule has 1 rings (SSSR count). The third kappa shape index (κ3) is 5.63. The number of nitrogens with one attached hydrogen (secondary N) is 1. The molecule has 0 spiro atoms. The molecule has 2 N–H and O–H groups in total. The number of aromatic nitrogens is 1. The molecule has 1 aromatic rings. The monoisotopic (exact) mass is 252 g/mol. The minimum absolute atomic E-state index is 0.340. The molecule has 0 aliphatic carbocycles. The lowest BCUT2D eigenvalue weighted by Crippen LogP contribution is -2.33. The molecule has 1 aromatic heterocycles. The van der Waals surface area contributed by atoms with Crippen molar-refractivity contribution in [3.05, 3.63) is 30.1 Å². The van der Waals surface area contributed by atoms with Crippen LogP contribution in [-0.2, 0) is 4.74 Å². The van der Waals surface area contributed by atoms with Crippen LogP contribution in [0.5, 0.6) is 0 Å². The summed E-state index contributed by atoms with van der Waals surface area (Å²) in [4.78, 5) is 15.4. The van der Waals surface area contributed by atoms with Crippen LogP contribution < -0.4 is 5.32 Å². The largest absolute Gasteiger partial charge is 0.444 e. The summed E-state index contributed by atoms with van der Waals surface area (Å²) in [7, 11) is 0. The summed E-state index contributed by atoms with van der Waals surface area (Å²) in [5.74, 6) is 0. The maximum atomic E-state index is 11.3. The highest BCUT2D eigenvalue weighted by Gasteiger charge is 2.16. The Bertz CT molecular complexity index is 374. The first-order chi connectivity index (χ1) is 8.38. The first-order valence-electron chi connectivity index (χ1n) is 5.94. The molecule has 5 nitrogen and oxygen atoms in total. The van der Waals surface area contributed by atoms with E-state index in [1.807, 2.05) is 6.07 Å². The number of ether oxygens (including phenoxy) is 1. The number of rotatable bonds is 4. The standard InChI is InChI=1S/C13H20N2O3/c1-13(2,3)18-12(17)15-9-7-11(16)10-6-4-5-8-14-10/h4-6,8,11,16H,7,9H2,1-3H3,(H,15,17)/t11-/m0/s1. The average Bonchev–Trinajstić information content (AvgIpc) is 2.27. The van der Waals surface area contributed by atoms with Crippen LogP contribution in [0.4, 0.5) is 4.79 Å². The highest BCUT2D eigenvalue weighted by Crippen LogP contribution is 2.12. The van der Waals surface area contributed by atoms with Gasteiger partial charge < -0.3 is 15.2 Å². The van der Waals surface area contributed by atoms with Crippen molar-refractivity contribution in [1.82, 2.24) is 10.3 Å². The zero-order valence-electron chi connectivity index (χ0n) is 11.0. The molecule has 0 fully saturated rings. The smallest absolute Gasteiger partial charge is 0.407 e. The molecule has 0 saturated carbocycles. The van der Waals surface area contributed by atoms with Crippen molar-refractivity contribution in [2.45, 2.75) is 38.9 Å². The summed E-state index contributed by atoms with van der Waals surface area (Å²) in [6.07, 6.45) is 0.868. The lowest BCUT2D eigenvalue weighted by molar-refractivity contribution is 0.0518. The molecule has 0 saturated heterocycles. The Hall–Kier alpha value is -1.62. The number of alkyl carbamates (subject to hydrolysis) is 1. The van der Waals surface area contributed by atoms with Gasteiger partial charge in [-0.2, -0.15) is 0 Å². The minimum atomic E-state index is -0.680. The topological polar surface area (TPSA) is 71.5 Å². The number of hydrogen-bond donors (Lipinski definition) is 2. The molecule has 18 heavy (non-hydrogen) atoms. The van der Waals surface area contributed by atoms with Gasteiger partial charge in [-0.05, 0) is 39.3 Å². The number of carbonyl (C=O) groups is 1. The number of amides is 1. The van der Waals surface area contributed by atoms with Crippen molar-refractivity contribution in [2.75, 3.05) is 6.54 Å². The molecular formula is C13H20N2O3. The minimum Gasteiger partial charge on any atom is -0.444 e. The van der Waals surface area contributed by atoms with Crippen molar-refractivity contribution in [1.29, 1.82) is 0 Å². The van der Waals surface area contributed by atoms with Crippen LogP contribution in [0.1, 0.15) is 39.0 Å². The van der Waals surface area contributed by atoms with Gasteiger partial charge in [-0.3, -0.25) is 4.98 Å². The lowest BCUT2D eigenvalue weighted by Gasteiger charge is -2.20. The van der Waals surface area contributed by atoms with Crippen molar-refractivity contribution < 1.29 is 14.6 Å². The summed E-state index contributed by atoms with van der Waals surface area (Å²) < 4.78 is 5.08. The molecule has 1 atom stereocenters. The molecule has 0 unspecified atom stereocenters. The molecule has 1 heterocycles. The Morgan fingerprint density at radius 2 is 2.22 bits per heavy atom. The fourth-order valence-corrected chi connectivity index (χ4v) is 1.35. The van der Waals surface area contributed by atoms with Crippen LogP contribution in [-0.4, -0.2) is 28.3 Å². The number of aliphatic hydroxyl groups is 1. The first kappa shape index (κ1) is 14.4. The predicted molar refractivity (Wildman–Crippen MR) is 68.1 cm³/mol. The summed E-state index contributed by atoms with van der Waals surface area (Å²) in [6, 6.07) is 5.35. The first-order valence-corrected chi connectivity index (χ1v) is 5.94. The summed E-state index contributed by atoms with van der Waals surface area (Å²) in [5, 5.41) is 12.4. The molecule has 0 aliphatic rings. The molecule has 0 bridgehead atoms. The van der Waals surface area contributed by atoms with Crippen LogP contribution in [0.3, 0.4) is 0 Å². The normalized spacial score (nSPS) is 12.9. The van der Waals surface area contributed by atoms with Gasteiger partial charge >= 0.3 is 6.09 Å². The Morgan fingerprint density at radius 1 is 1.50 bits per heavy atom. The number of nitrogens with zero attached hydrogens (tertiary/aromatic N) is 1. The van der Waals surface area contributed by atoms with Gasteiger partial charge in [0.25, 0.3) is 0 Å². The van der Waals surface area contributed by atoms with E-state index < -0.39 is 17.8 Å². The summed E-state index contributed by atoms with van der Waals surface area (Å²) in [6.45, 7) is 5.74. The third-order valence-corrected chi connectivity index (χ3v) is 2.12. The van der Waals surface area contributed by atoms with Gasteiger partial charge in [-0.25, -0.2) is 4.79 Å². The van der Waals surface area contributed by atoms with E-state index >= 15 is 0 Å². The molecule has 0 radical (unpaired) electrons. The van der Waals surface area contributed by atoms with Crippen LogP contribution in [0.2, 0.25) is 0 Å². The SMILES string of the molecule is CC(C)(C)OC(=O)NCC[C@H](O)c1ccccn1. The van der Waals surface area contributed by atoms with Gasteiger partial charge in [0.1, 0.15) is 5.60 Å². The Labute approximate surface area is 107 Å². The van der Waals surface area contributed by atoms with Gasteiger partial charge in [-0.1, -0.05) is 6.07 Å². The number of hydrogen-bond acceptors (Lipinski definition) is 4. The van der Waals surface area contributed by atoms with E-state index in [0.29, 0.717) is 18.7 Å². The number of aliphatic hydroxyl groups excluding tert-OH is 1. The Balaban J connectivity index is 2.28. The van der Waals surface area contributed by atoms with Gasteiger partial charge in [0.15, 0.2) is 0 Å². The van der Waals surface area contributed by atoms with Crippen LogP contribution in [0.25, 0.3) is 0 Å². The zero-order chi connectivity index (χ0) is 13.6. The maximum absolute atomic E-state index is 11.3. The van der Waals surface area contributed by atoms with Crippen LogP contribution >= 0.6 is 0 Å². The second-order valence-electron chi connectivity index (χ2n) is 4.99. The molecular weight excluding hydrogens is 232 g/mol. The van der Waals surface area contributed by atoms with Gasteiger partial charge in [0.05, 0.1) is 11.8 Å². The van der Waals surface area contributed by atoms with Crippen molar-refractivity contribution >= 4 is 6.09 Å². The van der Waals surface area contributed by atoms with Crippen LogP contribution in [0, 0.1) is 0 Å². The summed E-state index contributed by atoms with van der Waals surface area (Å²) in [5.41, 5.74) is 0.0902. The predicted octanol–water partition coefficient (Wildman–Crippen LogP) is 2.03. The zero-order valence-corrected chi connectivity index (χ0v) is 11.0. The second-order valence-corrected chi connectivity index (χ2v) is 4.99. The van der Waals surface area contributed by atoms with Gasteiger partial charge in [0.2, 0.25) is 0 Å². The average molecular weight is 252 g/mol. The van der Waals surface area contributed by atoms with Crippen LogP contribution in [0.15, 0.2) is 24.4 Å². The molecule has 1 amide bonds. The Morgan fingerprint density at radius 3 is 2.78 bits per heavy atom. The fourth-order valence-electron chi connectivity index (χ4n) is 1.35. The van der Waals surface area contributed by atoms with Crippen molar-refractivity contribution in [2.24, 2.45) is 0 Å². The van der Waals surface area contributed by atoms with Crippen molar-refractivity contribution in [3.8, 4) is 0 Å². The Kier molecular flexibility index (Phi) is 5.09. The number of pyridine rings is 1. The van der Waals surface area contributed by atoms with E-state index in [0.717, 1.165) is 0 Å². The van der Waals surface area contributed by atoms with Gasteiger partial charge in [-0.15, -0.1) is 0 Å². The second kappa shape index (κ2) is 6.35. The van der Waals surface area contributed by atoms with E-state index in [4.69, 9.17) is 4.74 Å². The van der Waals surface area contributed by atoms with E-state index in [1.165, 1.54) is 0 Å². The quantitative estimate of drug-likeness (QED) is 0.860. The van der Waals surface area contributed by atoms with Gasteiger partial charge in [0, 0.05) is 12.7 Å².